The Kier molecular flexibility index (Phi) is 4.37. The first kappa shape index (κ1) is 8.67. The van der Waals surface area contributed by atoms with Gasteiger partial charge in [-0.2, -0.15) is 0 Å². The van der Waals surface area contributed by atoms with Crippen molar-refractivity contribution in [2.24, 2.45) is 10.9 Å². The summed E-state index contributed by atoms with van der Waals surface area (Å²) in [6.45, 7) is 10.1. The van der Waals surface area contributed by atoms with Crippen LogP contribution >= 0.6 is 0 Å². The van der Waals surface area contributed by atoms with Gasteiger partial charge in [-0.3, -0.25) is 4.99 Å². The highest BCUT2D eigenvalue weighted by molar-refractivity contribution is 5.24. The summed E-state index contributed by atoms with van der Waals surface area (Å²) in [6.07, 6.45) is 2.33. The van der Waals surface area contributed by atoms with Crippen LogP contribution in [0.1, 0.15) is 33.6 Å². The van der Waals surface area contributed by atoms with Crippen LogP contribution in [0.2, 0.25) is 0 Å². The van der Waals surface area contributed by atoms with Crippen molar-refractivity contribution in [3.8, 4) is 0 Å². The van der Waals surface area contributed by atoms with Crippen molar-refractivity contribution in [3.05, 3.63) is 0 Å². The summed E-state index contributed by atoms with van der Waals surface area (Å²) in [5, 5.41) is 0. The fraction of sp³-hybridized carbons (Fsp3) is 0.875. The Morgan fingerprint density at radius 1 is 1.33 bits per heavy atom. The largest absolute Gasteiger partial charge is 0.297 e. The number of hydrogen-bond acceptors (Lipinski definition) is 1. The van der Waals surface area contributed by atoms with Crippen molar-refractivity contribution < 1.29 is 0 Å². The molecule has 0 saturated carbocycles. The fourth-order valence-electron chi connectivity index (χ4n) is 0.983. The Morgan fingerprint density at radius 3 is 2.00 bits per heavy atom. The summed E-state index contributed by atoms with van der Waals surface area (Å²) in [5.41, 5.74) is 0. The lowest BCUT2D eigenvalue weighted by Crippen LogP contribution is -2.12. The SMILES string of the molecule is C=NC(CC)C(C)CC. The first-order valence-corrected chi connectivity index (χ1v) is 3.72. The Hall–Kier alpha value is -0.330. The lowest BCUT2D eigenvalue weighted by atomic mass is 9.98. The molecule has 0 aromatic heterocycles. The minimum absolute atomic E-state index is 0.481. The van der Waals surface area contributed by atoms with E-state index in [1.54, 1.807) is 0 Å². The molecule has 0 amide bonds. The second-order valence-corrected chi connectivity index (χ2v) is 2.54. The van der Waals surface area contributed by atoms with Crippen molar-refractivity contribution in [3.63, 3.8) is 0 Å². The minimum Gasteiger partial charge on any atom is -0.297 e. The summed E-state index contributed by atoms with van der Waals surface area (Å²) in [6, 6.07) is 0.481. The van der Waals surface area contributed by atoms with Crippen LogP contribution < -0.4 is 0 Å². The monoisotopic (exact) mass is 127 g/mol. The van der Waals surface area contributed by atoms with Gasteiger partial charge in [0.2, 0.25) is 0 Å². The zero-order valence-electron chi connectivity index (χ0n) is 6.72. The van der Waals surface area contributed by atoms with Crippen LogP contribution in [0, 0.1) is 5.92 Å². The Morgan fingerprint density at radius 2 is 1.89 bits per heavy atom. The number of nitrogens with zero attached hydrogens (tertiary/aromatic N) is 1. The van der Waals surface area contributed by atoms with Gasteiger partial charge in [-0.15, -0.1) is 0 Å². The second kappa shape index (κ2) is 4.54. The van der Waals surface area contributed by atoms with E-state index in [0.717, 1.165) is 6.42 Å². The number of rotatable bonds is 4. The molecule has 0 aliphatic rings. The molecule has 54 valence electrons. The van der Waals surface area contributed by atoms with Crippen molar-refractivity contribution in [1.82, 2.24) is 0 Å². The van der Waals surface area contributed by atoms with E-state index in [1.165, 1.54) is 6.42 Å². The van der Waals surface area contributed by atoms with E-state index in [-0.39, 0.29) is 0 Å². The third kappa shape index (κ3) is 2.64. The molecule has 0 bridgehead atoms. The van der Waals surface area contributed by atoms with Gasteiger partial charge in [0.1, 0.15) is 0 Å². The van der Waals surface area contributed by atoms with E-state index in [2.05, 4.69) is 32.5 Å². The number of hydrogen-bond donors (Lipinski definition) is 0. The highest BCUT2D eigenvalue weighted by Gasteiger charge is 2.09. The van der Waals surface area contributed by atoms with Crippen molar-refractivity contribution in [2.45, 2.75) is 39.7 Å². The molecule has 2 unspecified atom stereocenters. The molecule has 0 heterocycles. The maximum absolute atomic E-state index is 4.03. The summed E-state index contributed by atoms with van der Waals surface area (Å²) in [5.74, 6) is 0.701. The van der Waals surface area contributed by atoms with Gasteiger partial charge in [-0.05, 0) is 19.1 Å². The predicted octanol–water partition coefficient (Wildman–Crippen LogP) is 2.51. The molecule has 0 rings (SSSR count). The van der Waals surface area contributed by atoms with Gasteiger partial charge in [-0.1, -0.05) is 27.2 Å². The van der Waals surface area contributed by atoms with Gasteiger partial charge in [0.05, 0.1) is 6.04 Å². The van der Waals surface area contributed by atoms with Gasteiger partial charge < -0.3 is 0 Å². The van der Waals surface area contributed by atoms with E-state index < -0.39 is 0 Å². The van der Waals surface area contributed by atoms with Crippen molar-refractivity contribution in [2.75, 3.05) is 0 Å². The Bertz CT molecular complexity index is 78.6. The lowest BCUT2D eigenvalue weighted by molar-refractivity contribution is 0.437. The van der Waals surface area contributed by atoms with E-state index in [0.29, 0.717) is 12.0 Å². The average molecular weight is 127 g/mol. The summed E-state index contributed by atoms with van der Waals surface area (Å²) < 4.78 is 0. The lowest BCUT2D eigenvalue weighted by Gasteiger charge is -2.15. The zero-order chi connectivity index (χ0) is 7.28. The Balaban J connectivity index is 3.63. The van der Waals surface area contributed by atoms with Gasteiger partial charge in [0.25, 0.3) is 0 Å². The van der Waals surface area contributed by atoms with E-state index >= 15 is 0 Å². The average Bonchev–Trinajstić information content (AvgIpc) is 1.90. The first-order valence-electron chi connectivity index (χ1n) is 3.72. The highest BCUT2D eigenvalue weighted by Crippen LogP contribution is 2.13. The van der Waals surface area contributed by atoms with Crippen LogP contribution in [-0.2, 0) is 0 Å². The van der Waals surface area contributed by atoms with E-state index in [1.807, 2.05) is 0 Å². The van der Waals surface area contributed by atoms with Crippen LogP contribution in [0.3, 0.4) is 0 Å². The maximum atomic E-state index is 4.03. The first-order chi connectivity index (χ1) is 4.26. The molecule has 1 heteroatoms. The molecule has 0 radical (unpaired) electrons. The van der Waals surface area contributed by atoms with Gasteiger partial charge in [-0.25, -0.2) is 0 Å². The van der Waals surface area contributed by atoms with Gasteiger partial charge in [0, 0.05) is 0 Å². The standard InChI is InChI=1S/C8H17N/c1-5-7(3)8(6-2)9-4/h7-8H,4-6H2,1-3H3. The van der Waals surface area contributed by atoms with Crippen molar-refractivity contribution >= 4 is 6.72 Å². The molecular formula is C8H17N. The van der Waals surface area contributed by atoms with Gasteiger partial charge >= 0.3 is 0 Å². The maximum Gasteiger partial charge on any atom is 0.0515 e. The summed E-state index contributed by atoms with van der Waals surface area (Å²) >= 11 is 0. The molecule has 0 aromatic rings. The van der Waals surface area contributed by atoms with Gasteiger partial charge in [0.15, 0.2) is 0 Å². The molecule has 1 nitrogen and oxygen atoms in total. The molecule has 0 saturated heterocycles. The fourth-order valence-corrected chi connectivity index (χ4v) is 0.983. The molecule has 0 spiro atoms. The molecular weight excluding hydrogens is 110 g/mol. The number of aliphatic imine (C=N–C) groups is 1. The molecule has 0 aliphatic carbocycles. The summed E-state index contributed by atoms with van der Waals surface area (Å²) in [4.78, 5) is 4.03. The highest BCUT2D eigenvalue weighted by atomic mass is 14.7. The summed E-state index contributed by atoms with van der Waals surface area (Å²) in [7, 11) is 0. The quantitative estimate of drug-likeness (QED) is 0.514. The normalized spacial score (nSPS) is 16.8. The zero-order valence-corrected chi connectivity index (χ0v) is 6.72. The molecule has 0 aliphatic heterocycles. The van der Waals surface area contributed by atoms with E-state index in [4.69, 9.17) is 0 Å². The van der Waals surface area contributed by atoms with Crippen LogP contribution in [-0.4, -0.2) is 12.8 Å². The molecule has 0 fully saturated rings. The predicted molar refractivity (Wildman–Crippen MR) is 43.1 cm³/mol. The van der Waals surface area contributed by atoms with E-state index in [9.17, 15) is 0 Å². The Labute approximate surface area is 58.2 Å². The second-order valence-electron chi connectivity index (χ2n) is 2.54. The van der Waals surface area contributed by atoms with Crippen LogP contribution in [0.25, 0.3) is 0 Å². The van der Waals surface area contributed by atoms with Crippen LogP contribution in [0.5, 0.6) is 0 Å². The molecule has 2 atom stereocenters. The van der Waals surface area contributed by atoms with Crippen molar-refractivity contribution in [1.29, 1.82) is 0 Å². The molecule has 0 aromatic carbocycles. The third-order valence-electron chi connectivity index (χ3n) is 1.95. The smallest absolute Gasteiger partial charge is 0.0515 e. The van der Waals surface area contributed by atoms with Crippen LogP contribution in [0.4, 0.5) is 0 Å². The third-order valence-corrected chi connectivity index (χ3v) is 1.95. The topological polar surface area (TPSA) is 12.4 Å². The molecule has 9 heavy (non-hydrogen) atoms. The van der Waals surface area contributed by atoms with Crippen LogP contribution in [0.15, 0.2) is 4.99 Å². The molecule has 0 N–H and O–H groups in total. The minimum atomic E-state index is 0.481.